The molecule has 1 aliphatic heterocycles. The van der Waals surface area contributed by atoms with E-state index in [1.807, 2.05) is 68.4 Å². The summed E-state index contributed by atoms with van der Waals surface area (Å²) in [6.45, 7) is 9.72. The SMILES string of the molecule is CC.CC(C)(C)OC(=O)NCc1ccc(-c2nc(NC(=O)C3(c4ccc5c(c4)OC(F)(F)O5)CC3)cc3ccccc23)cc1. The second-order valence-electron chi connectivity index (χ2n) is 11.5. The molecule has 44 heavy (non-hydrogen) atoms. The topological polar surface area (TPSA) is 98.8 Å². The van der Waals surface area contributed by atoms with Crippen LogP contribution in [0.5, 0.6) is 11.5 Å². The number of halogens is 2. The minimum absolute atomic E-state index is 0.0626. The van der Waals surface area contributed by atoms with Gasteiger partial charge in [0, 0.05) is 17.5 Å². The molecule has 0 spiro atoms. The fraction of sp³-hybridized carbons (Fsp3) is 0.324. The zero-order valence-electron chi connectivity index (χ0n) is 25.3. The van der Waals surface area contributed by atoms with E-state index in [-0.39, 0.29) is 17.4 Å². The van der Waals surface area contributed by atoms with Crippen LogP contribution in [0.2, 0.25) is 0 Å². The maximum Gasteiger partial charge on any atom is 0.586 e. The number of amides is 2. The van der Waals surface area contributed by atoms with Gasteiger partial charge in [0.2, 0.25) is 5.91 Å². The number of carbonyl (C=O) groups excluding carboxylic acids is 2. The molecular formula is C34H35F2N3O5. The van der Waals surface area contributed by atoms with Gasteiger partial charge in [-0.25, -0.2) is 9.78 Å². The summed E-state index contributed by atoms with van der Waals surface area (Å²) < 4.78 is 41.4. The zero-order chi connectivity index (χ0) is 31.7. The molecule has 6 rings (SSSR count). The van der Waals surface area contributed by atoms with Gasteiger partial charge in [0.1, 0.15) is 11.4 Å². The number of nitrogens with zero attached hydrogens (tertiary/aromatic N) is 1. The normalized spacial score (nSPS) is 15.5. The summed E-state index contributed by atoms with van der Waals surface area (Å²) in [4.78, 5) is 30.4. The van der Waals surface area contributed by atoms with Crippen molar-refractivity contribution in [3.05, 3.63) is 83.9 Å². The minimum Gasteiger partial charge on any atom is -0.444 e. The van der Waals surface area contributed by atoms with Gasteiger partial charge in [-0.2, -0.15) is 0 Å². The summed E-state index contributed by atoms with van der Waals surface area (Å²) in [7, 11) is 0. The van der Waals surface area contributed by atoms with Crippen LogP contribution in [-0.2, 0) is 21.5 Å². The number of pyridine rings is 1. The van der Waals surface area contributed by atoms with E-state index in [0.717, 1.165) is 21.9 Å². The lowest BCUT2D eigenvalue weighted by atomic mass is 9.94. The molecule has 0 unspecified atom stereocenters. The monoisotopic (exact) mass is 603 g/mol. The first kappa shape index (κ1) is 30.7. The Hall–Kier alpha value is -4.73. The van der Waals surface area contributed by atoms with E-state index in [9.17, 15) is 18.4 Å². The molecule has 2 heterocycles. The highest BCUT2D eigenvalue weighted by atomic mass is 19.3. The maximum absolute atomic E-state index is 13.6. The van der Waals surface area contributed by atoms with E-state index in [4.69, 9.17) is 9.72 Å². The van der Waals surface area contributed by atoms with Gasteiger partial charge in [-0.3, -0.25) is 4.79 Å². The number of nitrogens with one attached hydrogen (secondary N) is 2. The lowest BCUT2D eigenvalue weighted by Crippen LogP contribution is -2.32. The maximum atomic E-state index is 13.6. The van der Waals surface area contributed by atoms with E-state index >= 15 is 0 Å². The van der Waals surface area contributed by atoms with Gasteiger partial charge in [-0.1, -0.05) is 68.4 Å². The van der Waals surface area contributed by atoms with Gasteiger partial charge in [0.05, 0.1) is 11.1 Å². The zero-order valence-corrected chi connectivity index (χ0v) is 25.3. The summed E-state index contributed by atoms with van der Waals surface area (Å²) in [6, 6.07) is 21.6. The van der Waals surface area contributed by atoms with E-state index in [0.29, 0.717) is 36.5 Å². The van der Waals surface area contributed by atoms with Gasteiger partial charge >= 0.3 is 12.4 Å². The second-order valence-corrected chi connectivity index (χ2v) is 11.5. The molecule has 10 heteroatoms. The lowest BCUT2D eigenvalue weighted by Gasteiger charge is -2.19. The van der Waals surface area contributed by atoms with E-state index in [1.54, 1.807) is 26.8 Å². The Labute approximate surface area is 254 Å². The fourth-order valence-corrected chi connectivity index (χ4v) is 5.01. The number of ether oxygens (including phenoxy) is 3. The highest BCUT2D eigenvalue weighted by Gasteiger charge is 2.53. The van der Waals surface area contributed by atoms with Crippen LogP contribution in [0, 0.1) is 0 Å². The Bertz CT molecular complexity index is 1700. The predicted molar refractivity (Wildman–Crippen MR) is 164 cm³/mol. The first-order chi connectivity index (χ1) is 20.9. The quantitative estimate of drug-likeness (QED) is 0.232. The molecule has 0 saturated heterocycles. The molecule has 2 amide bonds. The summed E-state index contributed by atoms with van der Waals surface area (Å²) >= 11 is 0. The minimum atomic E-state index is -3.72. The first-order valence-corrected chi connectivity index (χ1v) is 14.6. The number of aromatic nitrogens is 1. The third-order valence-corrected chi connectivity index (χ3v) is 7.18. The standard InChI is InChI=1S/C32H29F2N3O5.C2H6/c1-30(2,3)42-29(39)35-18-19-8-10-20(11-9-19)27-23-7-5-4-6-21(23)16-26(36-27)37-28(38)31(14-15-31)22-12-13-24-25(17-22)41-32(33,34)40-24;1-2/h4-13,16-17H,14-15,18H2,1-3H3,(H,35,39)(H,36,37,38);1-2H3. The molecule has 2 N–H and O–H groups in total. The average Bonchev–Trinajstić information content (AvgIpc) is 3.73. The van der Waals surface area contributed by atoms with E-state index in [1.165, 1.54) is 12.1 Å². The largest absolute Gasteiger partial charge is 0.586 e. The van der Waals surface area contributed by atoms with Crippen LogP contribution in [0.4, 0.5) is 19.4 Å². The van der Waals surface area contributed by atoms with Crippen molar-refractivity contribution in [2.24, 2.45) is 0 Å². The third-order valence-electron chi connectivity index (χ3n) is 7.18. The Balaban J connectivity index is 0.00000188. The molecule has 0 bridgehead atoms. The Morgan fingerprint density at radius 2 is 1.61 bits per heavy atom. The summed E-state index contributed by atoms with van der Waals surface area (Å²) in [5.74, 6) is -0.0480. The number of alkyl halides is 2. The number of anilines is 1. The number of alkyl carbamates (subject to hydrolysis) is 1. The van der Waals surface area contributed by atoms with Gasteiger partial charge in [0.15, 0.2) is 11.5 Å². The highest BCUT2D eigenvalue weighted by Crippen LogP contribution is 2.52. The van der Waals surface area contributed by atoms with Gasteiger partial charge < -0.3 is 24.8 Å². The number of benzene rings is 3. The van der Waals surface area contributed by atoms with Crippen LogP contribution in [-0.4, -0.2) is 28.9 Å². The molecule has 2 aliphatic rings. The summed E-state index contributed by atoms with van der Waals surface area (Å²) in [5.41, 5.74) is 1.54. The molecule has 0 atom stereocenters. The fourth-order valence-electron chi connectivity index (χ4n) is 5.01. The number of hydrogen-bond donors (Lipinski definition) is 2. The van der Waals surface area contributed by atoms with Crippen molar-refractivity contribution < 1.29 is 32.6 Å². The van der Waals surface area contributed by atoms with Crippen molar-refractivity contribution in [1.29, 1.82) is 0 Å². The van der Waals surface area contributed by atoms with E-state index < -0.39 is 23.4 Å². The number of fused-ring (bicyclic) bond motifs is 2. The van der Waals surface area contributed by atoms with Crippen molar-refractivity contribution in [3.8, 4) is 22.8 Å². The number of carbonyl (C=O) groups is 2. The van der Waals surface area contributed by atoms with E-state index in [2.05, 4.69) is 20.1 Å². The van der Waals surface area contributed by atoms with Gasteiger partial charge in [0.25, 0.3) is 0 Å². The summed E-state index contributed by atoms with van der Waals surface area (Å²) in [5, 5.41) is 7.51. The molecule has 3 aromatic carbocycles. The number of hydrogen-bond acceptors (Lipinski definition) is 6. The molecular weight excluding hydrogens is 568 g/mol. The summed E-state index contributed by atoms with van der Waals surface area (Å²) in [6.07, 6.45) is -3.09. The smallest absolute Gasteiger partial charge is 0.444 e. The average molecular weight is 604 g/mol. The van der Waals surface area contributed by atoms with Crippen LogP contribution >= 0.6 is 0 Å². The predicted octanol–water partition coefficient (Wildman–Crippen LogP) is 7.94. The molecule has 230 valence electrons. The van der Waals surface area contributed by atoms with Crippen LogP contribution < -0.4 is 20.1 Å². The molecule has 1 saturated carbocycles. The molecule has 8 nitrogen and oxygen atoms in total. The van der Waals surface area contributed by atoms with Crippen LogP contribution in [0.1, 0.15) is 58.6 Å². The molecule has 1 fully saturated rings. The van der Waals surface area contributed by atoms with Crippen molar-refractivity contribution >= 4 is 28.6 Å². The Kier molecular flexibility index (Phi) is 8.20. The van der Waals surface area contributed by atoms with Gasteiger partial charge in [-0.05, 0) is 68.3 Å². The third kappa shape index (κ3) is 6.59. The second kappa shape index (κ2) is 11.7. The highest BCUT2D eigenvalue weighted by molar-refractivity contribution is 6.03. The molecule has 1 aromatic heterocycles. The van der Waals surface area contributed by atoms with Crippen LogP contribution in [0.3, 0.4) is 0 Å². The van der Waals surface area contributed by atoms with Crippen LogP contribution in [0.25, 0.3) is 22.0 Å². The van der Waals surface area contributed by atoms with Crippen molar-refractivity contribution in [1.82, 2.24) is 10.3 Å². The Morgan fingerprint density at radius 3 is 2.30 bits per heavy atom. The molecule has 0 radical (unpaired) electrons. The first-order valence-electron chi connectivity index (χ1n) is 14.6. The Morgan fingerprint density at radius 1 is 0.932 bits per heavy atom. The van der Waals surface area contributed by atoms with Gasteiger partial charge in [-0.15, -0.1) is 8.78 Å². The molecule has 1 aliphatic carbocycles. The van der Waals surface area contributed by atoms with Crippen molar-refractivity contribution in [2.45, 2.75) is 71.3 Å². The van der Waals surface area contributed by atoms with Crippen molar-refractivity contribution in [2.75, 3.05) is 5.32 Å². The van der Waals surface area contributed by atoms with Crippen LogP contribution in [0.15, 0.2) is 72.8 Å². The van der Waals surface area contributed by atoms with Crippen molar-refractivity contribution in [3.63, 3.8) is 0 Å². The molecule has 4 aromatic rings. The lowest BCUT2D eigenvalue weighted by molar-refractivity contribution is -0.286. The number of rotatable bonds is 6.